The maximum Gasteiger partial charge on any atom is 0.235 e. The van der Waals surface area contributed by atoms with E-state index in [0.717, 1.165) is 5.56 Å². The highest BCUT2D eigenvalue weighted by Gasteiger charge is 2.43. The molecule has 1 heterocycles. The topological polar surface area (TPSA) is 58.6 Å². The normalized spacial score (nSPS) is 16.0. The molecule has 2 amide bonds. The van der Waals surface area contributed by atoms with Crippen LogP contribution in [0, 0.1) is 0 Å². The lowest BCUT2D eigenvalue weighted by Crippen LogP contribution is -2.50. The van der Waals surface area contributed by atoms with Gasteiger partial charge in [-0.25, -0.2) is 0 Å². The second-order valence-electron chi connectivity index (χ2n) is 6.64. The molecule has 136 valence electrons. The fourth-order valence-corrected chi connectivity index (χ4v) is 3.56. The van der Waals surface area contributed by atoms with E-state index in [1.54, 1.807) is 25.0 Å². The Hall–Kier alpha value is -2.82. The quantitative estimate of drug-likeness (QED) is 0.919. The van der Waals surface area contributed by atoms with E-state index >= 15 is 0 Å². The van der Waals surface area contributed by atoms with Crippen molar-refractivity contribution in [3.63, 3.8) is 0 Å². The standard InChI is InChI=1S/C21H24N2O3/c1-16(24)23-13-11-21(12-14-23,17-7-4-3-5-8-17)20(25)22-18-9-6-10-19(15-18)26-2/h3-10,15H,11-14H2,1-2H3,(H,22,25). The minimum Gasteiger partial charge on any atom is -0.497 e. The lowest BCUT2D eigenvalue weighted by Gasteiger charge is -2.40. The van der Waals surface area contributed by atoms with Crippen LogP contribution in [0.15, 0.2) is 54.6 Å². The van der Waals surface area contributed by atoms with Crippen LogP contribution in [0.25, 0.3) is 0 Å². The summed E-state index contributed by atoms with van der Waals surface area (Å²) in [5.74, 6) is 0.711. The average molecular weight is 352 g/mol. The number of rotatable bonds is 4. The average Bonchev–Trinajstić information content (AvgIpc) is 2.68. The van der Waals surface area contributed by atoms with Crippen molar-refractivity contribution >= 4 is 17.5 Å². The van der Waals surface area contributed by atoms with Gasteiger partial charge >= 0.3 is 0 Å². The molecule has 0 atom stereocenters. The monoisotopic (exact) mass is 352 g/mol. The van der Waals surface area contributed by atoms with E-state index in [9.17, 15) is 9.59 Å². The van der Waals surface area contributed by atoms with Crippen molar-refractivity contribution in [1.29, 1.82) is 0 Å². The molecule has 26 heavy (non-hydrogen) atoms. The van der Waals surface area contributed by atoms with Gasteiger partial charge in [0.15, 0.2) is 0 Å². The van der Waals surface area contributed by atoms with Gasteiger partial charge in [-0.1, -0.05) is 36.4 Å². The van der Waals surface area contributed by atoms with E-state index in [1.165, 1.54) is 0 Å². The minimum atomic E-state index is -0.643. The van der Waals surface area contributed by atoms with Crippen LogP contribution >= 0.6 is 0 Å². The molecule has 2 aromatic rings. The highest BCUT2D eigenvalue weighted by molar-refractivity contribution is 5.99. The number of carbonyl (C=O) groups excluding carboxylic acids is 2. The summed E-state index contributed by atoms with van der Waals surface area (Å²) >= 11 is 0. The van der Waals surface area contributed by atoms with Crippen LogP contribution in [-0.2, 0) is 15.0 Å². The second-order valence-corrected chi connectivity index (χ2v) is 6.64. The molecular formula is C21H24N2O3. The third kappa shape index (κ3) is 3.57. The van der Waals surface area contributed by atoms with Crippen LogP contribution in [0.5, 0.6) is 5.75 Å². The molecule has 0 aliphatic carbocycles. The molecule has 0 spiro atoms. The molecule has 0 unspecified atom stereocenters. The molecule has 3 rings (SSSR count). The van der Waals surface area contributed by atoms with Crippen molar-refractivity contribution < 1.29 is 14.3 Å². The van der Waals surface area contributed by atoms with Gasteiger partial charge in [0.1, 0.15) is 5.75 Å². The summed E-state index contributed by atoms with van der Waals surface area (Å²) in [6.45, 7) is 2.73. The molecule has 0 saturated carbocycles. The molecule has 1 fully saturated rings. The number of piperidine rings is 1. The second kappa shape index (κ2) is 7.60. The Kier molecular flexibility index (Phi) is 5.26. The van der Waals surface area contributed by atoms with E-state index in [-0.39, 0.29) is 11.8 Å². The van der Waals surface area contributed by atoms with E-state index in [2.05, 4.69) is 5.32 Å². The number of likely N-dealkylation sites (tertiary alicyclic amines) is 1. The van der Waals surface area contributed by atoms with Gasteiger partial charge in [-0.3, -0.25) is 9.59 Å². The van der Waals surface area contributed by atoms with Gasteiger partial charge in [-0.2, -0.15) is 0 Å². The molecule has 1 N–H and O–H groups in total. The number of hydrogen-bond donors (Lipinski definition) is 1. The first kappa shape index (κ1) is 18.0. The number of ether oxygens (including phenoxy) is 1. The zero-order valence-electron chi connectivity index (χ0n) is 15.2. The fourth-order valence-electron chi connectivity index (χ4n) is 3.56. The molecule has 2 aromatic carbocycles. The zero-order chi connectivity index (χ0) is 18.6. The van der Waals surface area contributed by atoms with Crippen LogP contribution < -0.4 is 10.1 Å². The van der Waals surface area contributed by atoms with Crippen LogP contribution in [0.3, 0.4) is 0 Å². The van der Waals surface area contributed by atoms with Crippen molar-refractivity contribution in [3.8, 4) is 5.75 Å². The molecule has 5 nitrogen and oxygen atoms in total. The Morgan fingerprint density at radius 1 is 1.04 bits per heavy atom. The van der Waals surface area contributed by atoms with Gasteiger partial charge in [-0.15, -0.1) is 0 Å². The zero-order valence-corrected chi connectivity index (χ0v) is 15.2. The number of carbonyl (C=O) groups is 2. The summed E-state index contributed by atoms with van der Waals surface area (Å²) in [6.07, 6.45) is 1.21. The lowest BCUT2D eigenvalue weighted by molar-refractivity contribution is -0.133. The van der Waals surface area contributed by atoms with Gasteiger partial charge in [0.05, 0.1) is 12.5 Å². The van der Waals surface area contributed by atoms with Crippen molar-refractivity contribution in [2.24, 2.45) is 0 Å². The summed E-state index contributed by atoms with van der Waals surface area (Å²) in [5, 5.41) is 3.05. The highest BCUT2D eigenvalue weighted by Crippen LogP contribution is 2.37. The maximum atomic E-state index is 13.3. The van der Waals surface area contributed by atoms with Gasteiger partial charge in [0.2, 0.25) is 11.8 Å². The minimum absolute atomic E-state index is 0.0415. The number of methoxy groups -OCH3 is 1. The first-order valence-corrected chi connectivity index (χ1v) is 8.82. The molecule has 0 bridgehead atoms. The van der Waals surface area contributed by atoms with E-state index in [4.69, 9.17) is 4.74 Å². The summed E-state index contributed by atoms with van der Waals surface area (Å²) in [5.41, 5.74) is 1.05. The highest BCUT2D eigenvalue weighted by atomic mass is 16.5. The van der Waals surface area contributed by atoms with E-state index in [0.29, 0.717) is 37.4 Å². The number of nitrogens with zero attached hydrogens (tertiary/aromatic N) is 1. The van der Waals surface area contributed by atoms with E-state index < -0.39 is 5.41 Å². The Balaban J connectivity index is 1.88. The largest absolute Gasteiger partial charge is 0.497 e. The molecule has 1 saturated heterocycles. The predicted octanol–water partition coefficient (Wildman–Crippen LogP) is 3.21. The lowest BCUT2D eigenvalue weighted by atomic mass is 9.72. The number of amides is 2. The molecule has 0 aromatic heterocycles. The summed E-state index contributed by atoms with van der Waals surface area (Å²) in [4.78, 5) is 26.8. The summed E-state index contributed by atoms with van der Waals surface area (Å²) in [7, 11) is 1.60. The van der Waals surface area contributed by atoms with Crippen LogP contribution in [0.4, 0.5) is 5.69 Å². The molecular weight excluding hydrogens is 328 g/mol. The van der Waals surface area contributed by atoms with Crippen molar-refractivity contribution in [2.75, 3.05) is 25.5 Å². The maximum absolute atomic E-state index is 13.3. The van der Waals surface area contributed by atoms with Gasteiger partial charge in [-0.05, 0) is 30.5 Å². The van der Waals surface area contributed by atoms with Crippen molar-refractivity contribution in [2.45, 2.75) is 25.2 Å². The van der Waals surface area contributed by atoms with Gasteiger partial charge in [0, 0.05) is 31.8 Å². The third-order valence-electron chi connectivity index (χ3n) is 5.15. The Morgan fingerprint density at radius 2 is 1.73 bits per heavy atom. The first-order valence-electron chi connectivity index (χ1n) is 8.82. The summed E-state index contributed by atoms with van der Waals surface area (Å²) in [6, 6.07) is 17.2. The smallest absolute Gasteiger partial charge is 0.235 e. The number of nitrogens with one attached hydrogen (secondary N) is 1. The van der Waals surface area contributed by atoms with Gasteiger partial charge in [0.25, 0.3) is 0 Å². The number of anilines is 1. The molecule has 1 aliphatic heterocycles. The first-order chi connectivity index (χ1) is 12.5. The van der Waals surface area contributed by atoms with Crippen LogP contribution in [0.1, 0.15) is 25.3 Å². The third-order valence-corrected chi connectivity index (χ3v) is 5.15. The number of hydrogen-bond acceptors (Lipinski definition) is 3. The van der Waals surface area contributed by atoms with Crippen LogP contribution in [0.2, 0.25) is 0 Å². The fraction of sp³-hybridized carbons (Fsp3) is 0.333. The Bertz CT molecular complexity index is 781. The molecule has 0 radical (unpaired) electrons. The molecule has 1 aliphatic rings. The van der Waals surface area contributed by atoms with Crippen molar-refractivity contribution in [1.82, 2.24) is 4.90 Å². The number of benzene rings is 2. The molecule has 5 heteroatoms. The van der Waals surface area contributed by atoms with Crippen molar-refractivity contribution in [3.05, 3.63) is 60.2 Å². The Labute approximate surface area is 154 Å². The SMILES string of the molecule is COc1cccc(NC(=O)C2(c3ccccc3)CCN(C(C)=O)CC2)c1. The van der Waals surface area contributed by atoms with Crippen LogP contribution in [-0.4, -0.2) is 36.9 Å². The van der Waals surface area contributed by atoms with Gasteiger partial charge < -0.3 is 15.0 Å². The van der Waals surface area contributed by atoms with E-state index in [1.807, 2.05) is 48.5 Å². The predicted molar refractivity (Wildman–Crippen MR) is 101 cm³/mol. The summed E-state index contributed by atoms with van der Waals surface area (Å²) < 4.78 is 5.24. The Morgan fingerprint density at radius 3 is 2.35 bits per heavy atom.